The van der Waals surface area contributed by atoms with Crippen LogP contribution in [0, 0.1) is 25.6 Å². The second-order valence-electron chi connectivity index (χ2n) is 7.43. The number of primary amides is 1. The van der Waals surface area contributed by atoms with Crippen LogP contribution >= 0.6 is 11.6 Å². The van der Waals surface area contributed by atoms with Crippen molar-refractivity contribution in [3.63, 3.8) is 0 Å². The first kappa shape index (κ1) is 22.5. The Hall–Kier alpha value is -3.19. The summed E-state index contributed by atoms with van der Waals surface area (Å²) in [4.78, 5) is 24.7. The highest BCUT2D eigenvalue weighted by molar-refractivity contribution is 6.31. The van der Waals surface area contributed by atoms with Gasteiger partial charge in [0.05, 0.1) is 23.7 Å². The predicted octanol–water partition coefficient (Wildman–Crippen LogP) is 3.41. The molecule has 31 heavy (non-hydrogen) atoms. The summed E-state index contributed by atoms with van der Waals surface area (Å²) < 4.78 is 14.8. The van der Waals surface area contributed by atoms with Crippen LogP contribution < -0.4 is 11.1 Å². The lowest BCUT2D eigenvalue weighted by Crippen LogP contribution is -2.37. The molecular formula is C23H24ClFN4O2. The van der Waals surface area contributed by atoms with Crippen LogP contribution in [0.5, 0.6) is 0 Å². The molecule has 1 aromatic heterocycles. The highest BCUT2D eigenvalue weighted by Crippen LogP contribution is 2.19. The van der Waals surface area contributed by atoms with Gasteiger partial charge in [0.15, 0.2) is 0 Å². The number of benzene rings is 2. The fraction of sp³-hybridized carbons (Fsp3) is 0.261. The highest BCUT2D eigenvalue weighted by Gasteiger charge is 2.22. The number of aromatic nitrogens is 2. The summed E-state index contributed by atoms with van der Waals surface area (Å²) in [5.74, 6) is -1.83. The summed E-state index contributed by atoms with van der Waals surface area (Å²) in [5.41, 5.74) is 8.91. The quantitative estimate of drug-likeness (QED) is 0.560. The van der Waals surface area contributed by atoms with Crippen molar-refractivity contribution in [2.24, 2.45) is 11.7 Å². The van der Waals surface area contributed by atoms with E-state index in [0.717, 1.165) is 11.1 Å². The second-order valence-corrected chi connectivity index (χ2v) is 7.84. The molecule has 0 aliphatic rings. The predicted molar refractivity (Wildman–Crippen MR) is 117 cm³/mol. The number of nitrogens with one attached hydrogen (secondary N) is 1. The van der Waals surface area contributed by atoms with E-state index in [2.05, 4.69) is 10.4 Å². The van der Waals surface area contributed by atoms with Gasteiger partial charge in [0.2, 0.25) is 5.91 Å². The second kappa shape index (κ2) is 9.75. The summed E-state index contributed by atoms with van der Waals surface area (Å²) in [6.07, 6.45) is 0.305. The summed E-state index contributed by atoms with van der Waals surface area (Å²) in [6, 6.07) is 13.3. The van der Waals surface area contributed by atoms with Crippen molar-refractivity contribution in [3.05, 3.63) is 87.4 Å². The summed E-state index contributed by atoms with van der Waals surface area (Å²) in [5, 5.41) is 7.90. The molecule has 1 heterocycles. The molecule has 3 N–H and O–H groups in total. The molecule has 1 atom stereocenters. The first-order valence-corrected chi connectivity index (χ1v) is 10.2. The number of hydrogen-bond donors (Lipinski definition) is 2. The fourth-order valence-corrected chi connectivity index (χ4v) is 3.65. The maximum atomic E-state index is 13.1. The van der Waals surface area contributed by atoms with Crippen molar-refractivity contribution in [1.82, 2.24) is 15.1 Å². The third-order valence-corrected chi connectivity index (χ3v) is 5.56. The normalized spacial score (nSPS) is 11.9. The lowest BCUT2D eigenvalue weighted by molar-refractivity contribution is -0.121. The molecule has 0 bridgehead atoms. The van der Waals surface area contributed by atoms with Crippen molar-refractivity contribution in [2.75, 3.05) is 6.54 Å². The Bertz CT molecular complexity index is 1100. The average molecular weight is 443 g/mol. The smallest absolute Gasteiger partial charge is 0.255 e. The first-order valence-electron chi connectivity index (χ1n) is 9.85. The highest BCUT2D eigenvalue weighted by atomic mass is 35.5. The van der Waals surface area contributed by atoms with Crippen molar-refractivity contribution in [2.45, 2.75) is 26.8 Å². The molecule has 0 radical (unpaired) electrons. The lowest BCUT2D eigenvalue weighted by atomic mass is 9.98. The van der Waals surface area contributed by atoms with Gasteiger partial charge in [-0.05, 0) is 49.6 Å². The van der Waals surface area contributed by atoms with Crippen molar-refractivity contribution in [1.29, 1.82) is 0 Å². The number of carbonyl (C=O) groups is 2. The van der Waals surface area contributed by atoms with Gasteiger partial charge < -0.3 is 11.1 Å². The van der Waals surface area contributed by atoms with Gasteiger partial charge in [0, 0.05) is 17.3 Å². The fourth-order valence-electron chi connectivity index (χ4n) is 3.45. The molecule has 0 saturated carbocycles. The summed E-state index contributed by atoms with van der Waals surface area (Å²) >= 11 is 6.24. The molecule has 3 rings (SSSR count). The van der Waals surface area contributed by atoms with E-state index >= 15 is 0 Å². The van der Waals surface area contributed by atoms with E-state index in [1.165, 1.54) is 12.1 Å². The van der Waals surface area contributed by atoms with Gasteiger partial charge in [-0.2, -0.15) is 5.10 Å². The molecule has 8 heteroatoms. The van der Waals surface area contributed by atoms with Gasteiger partial charge in [-0.15, -0.1) is 0 Å². The molecule has 2 amide bonds. The molecule has 0 fully saturated rings. The number of amides is 2. The Morgan fingerprint density at radius 3 is 2.48 bits per heavy atom. The molecule has 0 saturated heterocycles. The summed E-state index contributed by atoms with van der Waals surface area (Å²) in [6.45, 7) is 4.08. The van der Waals surface area contributed by atoms with Crippen LogP contribution in [0.25, 0.3) is 0 Å². The van der Waals surface area contributed by atoms with Gasteiger partial charge in [0.1, 0.15) is 5.82 Å². The molecule has 6 nitrogen and oxygen atoms in total. The Balaban J connectivity index is 1.70. The molecular weight excluding hydrogens is 419 g/mol. The van der Waals surface area contributed by atoms with Gasteiger partial charge >= 0.3 is 0 Å². The average Bonchev–Trinajstić information content (AvgIpc) is 3.01. The minimum Gasteiger partial charge on any atom is -0.369 e. The van der Waals surface area contributed by atoms with E-state index in [-0.39, 0.29) is 18.3 Å². The van der Waals surface area contributed by atoms with E-state index < -0.39 is 11.8 Å². The SMILES string of the molecule is Cc1nn(Cc2ccccc2Cl)c(C)c1C(=O)NCC(Cc1ccc(F)cc1)C(N)=O. The number of nitrogens with zero attached hydrogens (tertiary/aromatic N) is 2. The Morgan fingerprint density at radius 1 is 1.16 bits per heavy atom. The lowest BCUT2D eigenvalue weighted by Gasteiger charge is -2.15. The van der Waals surface area contributed by atoms with Gasteiger partial charge in [-0.25, -0.2) is 4.39 Å². The molecule has 0 aliphatic heterocycles. The van der Waals surface area contributed by atoms with Gasteiger partial charge in [0.25, 0.3) is 5.91 Å². The maximum absolute atomic E-state index is 13.1. The zero-order valence-corrected chi connectivity index (χ0v) is 18.1. The number of halogens is 2. The molecule has 162 valence electrons. The Labute approximate surface area is 185 Å². The Kier molecular flexibility index (Phi) is 7.07. The number of aryl methyl sites for hydroxylation is 1. The molecule has 3 aromatic rings. The van der Waals surface area contributed by atoms with Crippen LogP contribution in [0.4, 0.5) is 4.39 Å². The van der Waals surface area contributed by atoms with E-state index in [4.69, 9.17) is 17.3 Å². The van der Waals surface area contributed by atoms with Gasteiger partial charge in [-0.1, -0.05) is 41.9 Å². The van der Waals surface area contributed by atoms with Crippen molar-refractivity contribution < 1.29 is 14.0 Å². The standard InChI is InChI=1S/C23H24ClFN4O2/c1-14-21(15(2)29(28-14)13-17-5-3-4-6-20(17)24)23(31)27-12-18(22(26)30)11-16-7-9-19(25)10-8-16/h3-10,18H,11-13H2,1-2H3,(H2,26,30)(H,27,31). The topological polar surface area (TPSA) is 90.0 Å². The maximum Gasteiger partial charge on any atom is 0.255 e. The number of nitrogens with two attached hydrogens (primary N) is 1. The van der Waals surface area contributed by atoms with Crippen molar-refractivity contribution >= 4 is 23.4 Å². The monoisotopic (exact) mass is 442 g/mol. The molecule has 0 spiro atoms. The van der Waals surface area contributed by atoms with Crippen molar-refractivity contribution in [3.8, 4) is 0 Å². The molecule has 1 unspecified atom stereocenters. The zero-order chi connectivity index (χ0) is 22.5. The molecule has 2 aromatic carbocycles. The molecule has 0 aliphatic carbocycles. The van der Waals surface area contributed by atoms with Crippen LogP contribution in [0.15, 0.2) is 48.5 Å². The minimum absolute atomic E-state index is 0.0696. The number of hydrogen-bond acceptors (Lipinski definition) is 3. The third-order valence-electron chi connectivity index (χ3n) is 5.19. The number of carbonyl (C=O) groups excluding carboxylic acids is 2. The van der Waals surface area contributed by atoms with Crippen LogP contribution in [0.1, 0.15) is 32.9 Å². The van der Waals surface area contributed by atoms with E-state index in [0.29, 0.717) is 34.9 Å². The minimum atomic E-state index is -0.617. The summed E-state index contributed by atoms with van der Waals surface area (Å²) in [7, 11) is 0. The van der Waals surface area contributed by atoms with Crippen LogP contribution in [0.3, 0.4) is 0 Å². The van der Waals surface area contributed by atoms with E-state index in [1.54, 1.807) is 29.8 Å². The first-order chi connectivity index (χ1) is 14.8. The van der Waals surface area contributed by atoms with Crippen LogP contribution in [-0.4, -0.2) is 28.1 Å². The van der Waals surface area contributed by atoms with Crippen LogP contribution in [0.2, 0.25) is 5.02 Å². The van der Waals surface area contributed by atoms with E-state index in [9.17, 15) is 14.0 Å². The van der Waals surface area contributed by atoms with E-state index in [1.807, 2.05) is 25.1 Å². The number of rotatable bonds is 8. The van der Waals surface area contributed by atoms with Gasteiger partial charge in [-0.3, -0.25) is 14.3 Å². The largest absolute Gasteiger partial charge is 0.369 e. The zero-order valence-electron chi connectivity index (χ0n) is 17.4. The Morgan fingerprint density at radius 2 is 1.84 bits per heavy atom. The third kappa shape index (κ3) is 5.49. The van der Waals surface area contributed by atoms with Crippen LogP contribution in [-0.2, 0) is 17.8 Å².